The summed E-state index contributed by atoms with van der Waals surface area (Å²) in [5.74, 6) is 45.7. The Balaban J connectivity index is 2.48. The van der Waals surface area contributed by atoms with Gasteiger partial charge in [-0.15, -0.1) is 6.42 Å². The molecule has 3 nitrogen and oxygen atoms in total. The number of aromatic carboxylic acids is 1. The highest BCUT2D eigenvalue weighted by Gasteiger charge is 2.08. The third-order valence-electron chi connectivity index (χ3n) is 2.59. The van der Waals surface area contributed by atoms with E-state index in [4.69, 9.17) is 16.3 Å². The largest absolute Gasteiger partial charge is 0.478 e. The van der Waals surface area contributed by atoms with Crippen molar-refractivity contribution in [3.05, 3.63) is 29.6 Å². The van der Waals surface area contributed by atoms with Crippen molar-refractivity contribution < 1.29 is 19.0 Å². The molecule has 0 saturated heterocycles. The molecule has 0 aliphatic rings. The van der Waals surface area contributed by atoms with Gasteiger partial charge >= 0.3 is 5.97 Å². The van der Waals surface area contributed by atoms with Crippen molar-refractivity contribution >= 4 is 5.97 Å². The predicted molar refractivity (Wildman–Crippen MR) is 121 cm³/mol. The number of hydrogen-bond acceptors (Lipinski definition) is 2. The summed E-state index contributed by atoms with van der Waals surface area (Å²) in [4.78, 5) is 10.7. The molecule has 33 heavy (non-hydrogen) atoms. The maximum absolute atomic E-state index is 13.6. The SMILES string of the molecule is C#CC#CC#CC#CC#CC#CC#CC#CC#CC#CC#COc1ccc(C(=O)O)cc1F. The number of ether oxygens (including phenoxy) is 1. The summed E-state index contributed by atoms with van der Waals surface area (Å²) in [6.07, 6.45) is 7.07. The molecule has 0 amide bonds. The van der Waals surface area contributed by atoms with Crippen LogP contribution >= 0.6 is 0 Å². The lowest BCUT2D eigenvalue weighted by Crippen LogP contribution is -1.97. The minimum Gasteiger partial charge on any atom is -0.478 e. The Morgan fingerprint density at radius 2 is 1.09 bits per heavy atom. The molecule has 0 radical (unpaired) electrons. The van der Waals surface area contributed by atoms with Crippen LogP contribution < -0.4 is 4.74 Å². The van der Waals surface area contributed by atoms with E-state index >= 15 is 0 Å². The number of terminal acetylenes is 1. The fourth-order valence-corrected chi connectivity index (χ4v) is 1.39. The Hall–Kier alpha value is -6.42. The highest BCUT2D eigenvalue weighted by molar-refractivity contribution is 5.87. The van der Waals surface area contributed by atoms with Crippen LogP contribution in [0.2, 0.25) is 0 Å². The Morgan fingerprint density at radius 1 is 0.697 bits per heavy atom. The van der Waals surface area contributed by atoms with Crippen LogP contribution in [0.4, 0.5) is 4.39 Å². The molecule has 0 atom stereocenters. The van der Waals surface area contributed by atoms with Gasteiger partial charge in [0.05, 0.1) is 5.56 Å². The highest BCUT2D eigenvalue weighted by atomic mass is 19.1. The van der Waals surface area contributed by atoms with Gasteiger partial charge in [-0.25, -0.2) is 9.18 Å². The Morgan fingerprint density at radius 3 is 1.45 bits per heavy atom. The van der Waals surface area contributed by atoms with Crippen molar-refractivity contribution in [2.45, 2.75) is 0 Å². The van der Waals surface area contributed by atoms with Crippen LogP contribution in [0, 0.1) is 137 Å². The van der Waals surface area contributed by atoms with Gasteiger partial charge in [0.1, 0.15) is 6.11 Å². The molecule has 0 unspecified atom stereocenters. The Labute approximate surface area is 191 Å². The van der Waals surface area contributed by atoms with Gasteiger partial charge in [0.25, 0.3) is 0 Å². The summed E-state index contributed by atoms with van der Waals surface area (Å²) < 4.78 is 18.4. The zero-order valence-electron chi connectivity index (χ0n) is 16.5. The number of carbonyl (C=O) groups is 1. The van der Waals surface area contributed by atoms with Crippen molar-refractivity contribution in [3.8, 4) is 137 Å². The predicted octanol–water partition coefficient (Wildman–Crippen LogP) is 1.53. The fraction of sp³-hybridized carbons (Fsp3) is 0. The van der Waals surface area contributed by atoms with Gasteiger partial charge in [-0.05, 0) is 65.6 Å². The van der Waals surface area contributed by atoms with E-state index in [-0.39, 0.29) is 11.3 Å². The summed E-state index contributed by atoms with van der Waals surface area (Å²) in [7, 11) is 0. The molecular formula is C29H5FO3. The third-order valence-corrected chi connectivity index (χ3v) is 2.59. The smallest absolute Gasteiger partial charge is 0.335 e. The molecule has 0 heterocycles. The molecule has 1 N–H and O–H groups in total. The molecule has 0 spiro atoms. The van der Waals surface area contributed by atoms with Crippen molar-refractivity contribution in [3.63, 3.8) is 0 Å². The number of carboxylic acids is 1. The quantitative estimate of drug-likeness (QED) is 0.739. The molecule has 0 fully saturated rings. The minimum absolute atomic E-state index is 0.203. The number of hydrogen-bond donors (Lipinski definition) is 1. The van der Waals surface area contributed by atoms with E-state index in [0.717, 1.165) is 12.1 Å². The second-order valence-electron chi connectivity index (χ2n) is 4.67. The second kappa shape index (κ2) is 16.5. The maximum Gasteiger partial charge on any atom is 0.335 e. The first kappa shape index (κ1) is 24.6. The second-order valence-corrected chi connectivity index (χ2v) is 4.67. The van der Waals surface area contributed by atoms with E-state index in [2.05, 4.69) is 125 Å². The van der Waals surface area contributed by atoms with Crippen molar-refractivity contribution in [1.82, 2.24) is 0 Å². The standard InChI is InChI=1S/C29H5FO3/c1-2-3-4-5-6-7-8-9-10-11-12-13-14-15-16-17-18-19-20-21-24-33-28-23-22-26(29(31)32)25-27(28)30/h1,22-23,25H,(H,31,32). The topological polar surface area (TPSA) is 46.5 Å². The summed E-state index contributed by atoms with van der Waals surface area (Å²) in [6, 6.07) is 3.16. The zero-order valence-corrected chi connectivity index (χ0v) is 16.5. The van der Waals surface area contributed by atoms with Gasteiger partial charge in [-0.2, -0.15) is 0 Å². The van der Waals surface area contributed by atoms with Crippen molar-refractivity contribution in [2.24, 2.45) is 0 Å². The average molecular weight is 420 g/mol. The van der Waals surface area contributed by atoms with Gasteiger partial charge in [-0.3, -0.25) is 0 Å². The van der Waals surface area contributed by atoms with E-state index < -0.39 is 11.8 Å². The molecule has 1 aromatic rings. The monoisotopic (exact) mass is 420 g/mol. The lowest BCUT2D eigenvalue weighted by Gasteiger charge is -1.99. The lowest BCUT2D eigenvalue weighted by molar-refractivity contribution is 0.0696. The molecule has 0 aliphatic carbocycles. The molecule has 0 aliphatic heterocycles. The van der Waals surface area contributed by atoms with E-state index in [1.807, 2.05) is 0 Å². The van der Waals surface area contributed by atoms with Gasteiger partial charge in [0.2, 0.25) is 0 Å². The van der Waals surface area contributed by atoms with Crippen LogP contribution in [-0.4, -0.2) is 11.1 Å². The Bertz CT molecular complexity index is 1630. The minimum atomic E-state index is -1.25. The fourth-order valence-electron chi connectivity index (χ4n) is 1.39. The Kier molecular flexibility index (Phi) is 12.3. The number of benzene rings is 1. The van der Waals surface area contributed by atoms with Crippen LogP contribution in [0.3, 0.4) is 0 Å². The first-order chi connectivity index (χ1) is 16.1. The van der Waals surface area contributed by atoms with Gasteiger partial charge in [-0.1, -0.05) is 0 Å². The number of halogens is 1. The van der Waals surface area contributed by atoms with E-state index in [1.165, 1.54) is 6.07 Å². The van der Waals surface area contributed by atoms with Crippen LogP contribution in [0.5, 0.6) is 5.75 Å². The molecule has 146 valence electrons. The van der Waals surface area contributed by atoms with Crippen molar-refractivity contribution in [1.29, 1.82) is 0 Å². The molecule has 4 heteroatoms. The van der Waals surface area contributed by atoms with Crippen LogP contribution in [0.1, 0.15) is 10.4 Å². The van der Waals surface area contributed by atoms with E-state index in [1.54, 1.807) is 0 Å². The maximum atomic E-state index is 13.6. The summed E-state index contributed by atoms with van der Waals surface area (Å²) in [6.45, 7) is 0. The first-order valence-corrected chi connectivity index (χ1v) is 8.30. The van der Waals surface area contributed by atoms with Gasteiger partial charge in [0, 0.05) is 71.0 Å². The number of rotatable bonds is 2. The molecule has 1 aromatic carbocycles. The van der Waals surface area contributed by atoms with Gasteiger partial charge < -0.3 is 9.84 Å². The van der Waals surface area contributed by atoms with Gasteiger partial charge in [0.15, 0.2) is 11.6 Å². The normalized spacial score (nSPS) is 5.94. The first-order valence-electron chi connectivity index (χ1n) is 8.30. The number of carboxylic acid groups (broad SMARTS) is 1. The highest BCUT2D eigenvalue weighted by Crippen LogP contribution is 2.17. The van der Waals surface area contributed by atoms with Crippen LogP contribution in [0.15, 0.2) is 18.2 Å². The molecule has 0 aromatic heterocycles. The molecule has 1 rings (SSSR count). The average Bonchev–Trinajstić information content (AvgIpc) is 2.80. The molecule has 0 bridgehead atoms. The summed E-state index contributed by atoms with van der Waals surface area (Å²) >= 11 is 0. The lowest BCUT2D eigenvalue weighted by atomic mass is 10.2. The molecular weight excluding hydrogens is 415 g/mol. The third kappa shape index (κ3) is 12.6. The summed E-state index contributed by atoms with van der Waals surface area (Å²) in [5, 5.41) is 8.75. The van der Waals surface area contributed by atoms with Crippen LogP contribution in [0.25, 0.3) is 0 Å². The molecule has 0 saturated carbocycles. The zero-order chi connectivity index (χ0) is 24.0. The van der Waals surface area contributed by atoms with E-state index in [9.17, 15) is 9.18 Å². The van der Waals surface area contributed by atoms with Crippen LogP contribution in [-0.2, 0) is 0 Å². The summed E-state index contributed by atoms with van der Waals surface area (Å²) in [5.41, 5.74) is -0.203. The van der Waals surface area contributed by atoms with Crippen molar-refractivity contribution in [2.75, 3.05) is 0 Å². The van der Waals surface area contributed by atoms with E-state index in [0.29, 0.717) is 0 Å².